The molecule has 0 radical (unpaired) electrons. The van der Waals surface area contributed by atoms with Gasteiger partial charge < -0.3 is 11.1 Å². The van der Waals surface area contributed by atoms with Crippen LogP contribution in [-0.2, 0) is 11.2 Å². The Labute approximate surface area is 112 Å². The molecule has 98 valence electrons. The van der Waals surface area contributed by atoms with Crippen LogP contribution in [0.3, 0.4) is 0 Å². The van der Waals surface area contributed by atoms with E-state index < -0.39 is 6.04 Å². The Morgan fingerprint density at radius 2 is 2.00 bits per heavy atom. The van der Waals surface area contributed by atoms with Crippen molar-refractivity contribution in [3.8, 4) is 0 Å². The molecule has 2 aromatic rings. The van der Waals surface area contributed by atoms with Gasteiger partial charge in [0.1, 0.15) is 0 Å². The molecule has 1 heterocycles. The molecule has 1 unspecified atom stereocenters. The molecule has 1 amide bonds. The van der Waals surface area contributed by atoms with Crippen molar-refractivity contribution in [2.75, 3.05) is 5.32 Å². The van der Waals surface area contributed by atoms with E-state index in [4.69, 9.17) is 5.73 Å². The van der Waals surface area contributed by atoms with Crippen molar-refractivity contribution in [1.82, 2.24) is 4.98 Å². The number of carbonyl (C=O) groups excluding carboxylic acids is 1. The van der Waals surface area contributed by atoms with Gasteiger partial charge in [-0.25, -0.2) is 0 Å². The van der Waals surface area contributed by atoms with Gasteiger partial charge in [-0.1, -0.05) is 30.3 Å². The first-order valence-corrected chi connectivity index (χ1v) is 6.19. The molecule has 0 aliphatic heterocycles. The van der Waals surface area contributed by atoms with Crippen LogP contribution in [0, 0.1) is 6.92 Å². The fraction of sp³-hybridized carbons (Fsp3) is 0.200. The third-order valence-corrected chi connectivity index (χ3v) is 2.90. The zero-order valence-electron chi connectivity index (χ0n) is 10.8. The van der Waals surface area contributed by atoms with Gasteiger partial charge in [-0.2, -0.15) is 0 Å². The van der Waals surface area contributed by atoms with E-state index in [1.807, 2.05) is 43.3 Å². The standard InChI is InChI=1S/C15H17N3O/c1-11-14(8-5-9-17-11)18-15(19)13(16)10-12-6-3-2-4-7-12/h2-9,13H,10,16H2,1H3,(H,18,19). The molecule has 0 saturated carbocycles. The molecule has 1 aromatic heterocycles. The second-order valence-corrected chi connectivity index (χ2v) is 4.42. The van der Waals surface area contributed by atoms with Crippen LogP contribution in [-0.4, -0.2) is 16.9 Å². The van der Waals surface area contributed by atoms with E-state index in [1.54, 1.807) is 12.3 Å². The lowest BCUT2D eigenvalue weighted by atomic mass is 10.1. The maximum Gasteiger partial charge on any atom is 0.241 e. The molecule has 1 atom stereocenters. The van der Waals surface area contributed by atoms with Crippen molar-refractivity contribution in [2.24, 2.45) is 5.73 Å². The fourth-order valence-corrected chi connectivity index (χ4v) is 1.80. The highest BCUT2D eigenvalue weighted by atomic mass is 16.2. The first kappa shape index (κ1) is 13.2. The van der Waals surface area contributed by atoms with Crippen LogP contribution in [0.2, 0.25) is 0 Å². The molecule has 3 N–H and O–H groups in total. The van der Waals surface area contributed by atoms with E-state index in [1.165, 1.54) is 0 Å². The maximum absolute atomic E-state index is 12.0. The van der Waals surface area contributed by atoms with Crippen LogP contribution in [0.5, 0.6) is 0 Å². The number of nitrogens with zero attached hydrogens (tertiary/aromatic N) is 1. The third kappa shape index (κ3) is 3.63. The quantitative estimate of drug-likeness (QED) is 0.876. The predicted molar refractivity (Wildman–Crippen MR) is 75.7 cm³/mol. The van der Waals surface area contributed by atoms with E-state index in [0.717, 1.165) is 11.3 Å². The van der Waals surface area contributed by atoms with E-state index in [-0.39, 0.29) is 5.91 Å². The number of nitrogens with one attached hydrogen (secondary N) is 1. The lowest BCUT2D eigenvalue weighted by Crippen LogP contribution is -2.37. The summed E-state index contributed by atoms with van der Waals surface area (Å²) in [6.45, 7) is 1.85. The van der Waals surface area contributed by atoms with Crippen molar-refractivity contribution in [3.05, 3.63) is 59.9 Å². The number of hydrogen-bond acceptors (Lipinski definition) is 3. The Morgan fingerprint density at radius 1 is 1.26 bits per heavy atom. The number of pyridine rings is 1. The summed E-state index contributed by atoms with van der Waals surface area (Å²) in [5, 5.41) is 2.80. The highest BCUT2D eigenvalue weighted by Gasteiger charge is 2.14. The Bertz CT molecular complexity index is 554. The normalized spacial score (nSPS) is 11.9. The summed E-state index contributed by atoms with van der Waals surface area (Å²) in [7, 11) is 0. The van der Waals surface area contributed by atoms with Crippen molar-refractivity contribution in [2.45, 2.75) is 19.4 Å². The smallest absolute Gasteiger partial charge is 0.241 e. The van der Waals surface area contributed by atoms with Crippen molar-refractivity contribution in [3.63, 3.8) is 0 Å². The average Bonchev–Trinajstić information content (AvgIpc) is 2.42. The molecule has 0 bridgehead atoms. The number of aryl methyl sites for hydroxylation is 1. The van der Waals surface area contributed by atoms with E-state index in [2.05, 4.69) is 10.3 Å². The zero-order chi connectivity index (χ0) is 13.7. The molecule has 1 aromatic carbocycles. The Balaban J connectivity index is 1.99. The topological polar surface area (TPSA) is 68.0 Å². The average molecular weight is 255 g/mol. The lowest BCUT2D eigenvalue weighted by molar-refractivity contribution is -0.117. The van der Waals surface area contributed by atoms with Crippen LogP contribution < -0.4 is 11.1 Å². The molecule has 2 rings (SSSR count). The van der Waals surface area contributed by atoms with E-state index in [0.29, 0.717) is 12.1 Å². The number of aromatic nitrogens is 1. The minimum Gasteiger partial charge on any atom is -0.323 e. The van der Waals surface area contributed by atoms with Crippen LogP contribution >= 0.6 is 0 Å². The second-order valence-electron chi connectivity index (χ2n) is 4.42. The monoisotopic (exact) mass is 255 g/mol. The van der Waals surface area contributed by atoms with Crippen LogP contribution in [0.15, 0.2) is 48.7 Å². The molecule has 19 heavy (non-hydrogen) atoms. The summed E-state index contributed by atoms with van der Waals surface area (Å²) < 4.78 is 0. The zero-order valence-corrected chi connectivity index (χ0v) is 10.8. The highest BCUT2D eigenvalue weighted by molar-refractivity contribution is 5.95. The highest BCUT2D eigenvalue weighted by Crippen LogP contribution is 2.11. The van der Waals surface area contributed by atoms with Crippen molar-refractivity contribution >= 4 is 11.6 Å². The number of hydrogen-bond donors (Lipinski definition) is 2. The molecule has 0 fully saturated rings. The number of rotatable bonds is 4. The fourth-order valence-electron chi connectivity index (χ4n) is 1.80. The van der Waals surface area contributed by atoms with E-state index in [9.17, 15) is 4.79 Å². The van der Waals surface area contributed by atoms with Crippen molar-refractivity contribution in [1.29, 1.82) is 0 Å². The molecular formula is C15H17N3O. The first-order valence-electron chi connectivity index (χ1n) is 6.19. The van der Waals surface area contributed by atoms with E-state index >= 15 is 0 Å². The molecule has 0 spiro atoms. The van der Waals surface area contributed by atoms with Crippen LogP contribution in [0.25, 0.3) is 0 Å². The first-order chi connectivity index (χ1) is 9.16. The second kappa shape index (κ2) is 6.11. The van der Waals surface area contributed by atoms with Gasteiger partial charge >= 0.3 is 0 Å². The summed E-state index contributed by atoms with van der Waals surface area (Å²) in [6.07, 6.45) is 2.21. The largest absolute Gasteiger partial charge is 0.323 e. The number of benzene rings is 1. The minimum atomic E-state index is -0.568. The summed E-state index contributed by atoms with van der Waals surface area (Å²) in [5.74, 6) is -0.194. The Kier molecular flexibility index (Phi) is 4.26. The van der Waals surface area contributed by atoms with Gasteiger partial charge in [0.25, 0.3) is 0 Å². The van der Waals surface area contributed by atoms with Gasteiger partial charge in [0.2, 0.25) is 5.91 Å². The number of amides is 1. The minimum absolute atomic E-state index is 0.194. The van der Waals surface area contributed by atoms with Crippen LogP contribution in [0.1, 0.15) is 11.3 Å². The van der Waals surface area contributed by atoms with Gasteiger partial charge in [0.15, 0.2) is 0 Å². The van der Waals surface area contributed by atoms with Crippen molar-refractivity contribution < 1.29 is 4.79 Å². The summed E-state index contributed by atoms with van der Waals surface area (Å²) in [5.41, 5.74) is 8.45. The van der Waals surface area contributed by atoms with Gasteiger partial charge in [-0.3, -0.25) is 9.78 Å². The predicted octanol–water partition coefficient (Wildman–Crippen LogP) is 1.90. The Hall–Kier alpha value is -2.20. The number of carbonyl (C=O) groups is 1. The summed E-state index contributed by atoms with van der Waals surface area (Å²) >= 11 is 0. The van der Waals surface area contributed by atoms with Gasteiger partial charge in [0, 0.05) is 6.20 Å². The third-order valence-electron chi connectivity index (χ3n) is 2.90. The molecule has 4 nitrogen and oxygen atoms in total. The van der Waals surface area contributed by atoms with Gasteiger partial charge in [-0.05, 0) is 31.0 Å². The Morgan fingerprint density at radius 3 is 2.68 bits per heavy atom. The SMILES string of the molecule is Cc1ncccc1NC(=O)C(N)Cc1ccccc1. The number of anilines is 1. The molecule has 0 saturated heterocycles. The van der Waals surface area contributed by atoms with Gasteiger partial charge in [-0.15, -0.1) is 0 Å². The number of nitrogens with two attached hydrogens (primary N) is 1. The summed E-state index contributed by atoms with van der Waals surface area (Å²) in [4.78, 5) is 16.1. The molecule has 4 heteroatoms. The maximum atomic E-state index is 12.0. The molecular weight excluding hydrogens is 238 g/mol. The van der Waals surface area contributed by atoms with Gasteiger partial charge in [0.05, 0.1) is 17.4 Å². The molecule has 0 aliphatic rings. The lowest BCUT2D eigenvalue weighted by Gasteiger charge is -2.13. The molecule has 0 aliphatic carbocycles. The van der Waals surface area contributed by atoms with Crippen LogP contribution in [0.4, 0.5) is 5.69 Å². The summed E-state index contributed by atoms with van der Waals surface area (Å²) in [6, 6.07) is 12.8.